The molecule has 0 saturated carbocycles. The lowest BCUT2D eigenvalue weighted by atomic mass is 10.1. The van der Waals surface area contributed by atoms with Crippen LogP contribution < -0.4 is 4.74 Å². The Morgan fingerprint density at radius 2 is 1.86 bits per heavy atom. The monoisotopic (exact) mass is 287 g/mol. The van der Waals surface area contributed by atoms with Gasteiger partial charge in [0, 0.05) is 6.07 Å². The van der Waals surface area contributed by atoms with Gasteiger partial charge in [0.25, 0.3) is 5.69 Å². The zero-order valence-electron chi connectivity index (χ0n) is 11.7. The molecular weight excluding hydrogens is 270 g/mol. The first-order chi connectivity index (χ1) is 10.1. The highest BCUT2D eigenvalue weighted by Crippen LogP contribution is 2.22. The third-order valence-electron chi connectivity index (χ3n) is 3.23. The van der Waals surface area contributed by atoms with Crippen molar-refractivity contribution < 1.29 is 14.8 Å². The second-order valence-corrected chi connectivity index (χ2v) is 4.67. The van der Waals surface area contributed by atoms with Crippen LogP contribution in [0.1, 0.15) is 30.6 Å². The molecule has 21 heavy (non-hydrogen) atoms. The molecule has 110 valence electrons. The van der Waals surface area contributed by atoms with Gasteiger partial charge < -0.3 is 9.84 Å². The maximum Gasteiger partial charge on any atom is 0.276 e. The van der Waals surface area contributed by atoms with E-state index < -0.39 is 11.0 Å². The number of nitrogens with zero attached hydrogens (tertiary/aromatic N) is 1. The van der Waals surface area contributed by atoms with Crippen molar-refractivity contribution in [1.29, 1.82) is 0 Å². The van der Waals surface area contributed by atoms with Gasteiger partial charge in [0.05, 0.1) is 16.6 Å². The molecule has 0 aliphatic carbocycles. The lowest BCUT2D eigenvalue weighted by molar-refractivity contribution is -0.385. The Hall–Kier alpha value is -2.40. The number of para-hydroxylation sites is 1. The van der Waals surface area contributed by atoms with Gasteiger partial charge in [-0.3, -0.25) is 10.1 Å². The van der Waals surface area contributed by atoms with Crippen molar-refractivity contribution >= 4 is 5.69 Å². The number of aliphatic hydroxyl groups excluding tert-OH is 1. The number of aliphatic hydroxyl groups is 1. The predicted molar refractivity (Wildman–Crippen MR) is 79.1 cm³/mol. The fourth-order valence-corrected chi connectivity index (χ4v) is 1.99. The topological polar surface area (TPSA) is 72.6 Å². The lowest BCUT2D eigenvalue weighted by Gasteiger charge is -2.10. The second kappa shape index (κ2) is 6.85. The number of hydrogen-bond donors (Lipinski definition) is 1. The molecule has 0 bridgehead atoms. The molecule has 5 nitrogen and oxygen atoms in total. The summed E-state index contributed by atoms with van der Waals surface area (Å²) in [5.74, 6) is 0.611. The summed E-state index contributed by atoms with van der Waals surface area (Å²) in [4.78, 5) is 10.5. The number of rotatable bonds is 6. The van der Waals surface area contributed by atoms with Gasteiger partial charge in [-0.15, -0.1) is 0 Å². The molecule has 2 rings (SSSR count). The predicted octanol–water partition coefficient (Wildman–Crippen LogP) is 3.62. The van der Waals surface area contributed by atoms with Gasteiger partial charge >= 0.3 is 0 Å². The molecule has 1 atom stereocenters. The average molecular weight is 287 g/mol. The average Bonchev–Trinajstić information content (AvgIpc) is 2.52. The van der Waals surface area contributed by atoms with E-state index >= 15 is 0 Å². The standard InChI is InChI=1S/C16H17NO4/c1-2-16(18)12-7-9-14(10-8-12)21-11-13-5-3-4-6-15(13)17(19)20/h3-10,16,18H,2,11H2,1H3/t16-/m0/s1. The van der Waals surface area contributed by atoms with Crippen LogP contribution in [-0.4, -0.2) is 10.0 Å². The number of nitro groups is 1. The van der Waals surface area contributed by atoms with Crippen LogP contribution in [0.2, 0.25) is 0 Å². The first-order valence-corrected chi connectivity index (χ1v) is 6.75. The zero-order valence-corrected chi connectivity index (χ0v) is 11.7. The second-order valence-electron chi connectivity index (χ2n) is 4.67. The van der Waals surface area contributed by atoms with E-state index in [0.717, 1.165) is 5.56 Å². The van der Waals surface area contributed by atoms with E-state index in [9.17, 15) is 15.2 Å². The third-order valence-corrected chi connectivity index (χ3v) is 3.23. The molecule has 0 spiro atoms. The summed E-state index contributed by atoms with van der Waals surface area (Å²) in [5.41, 5.74) is 1.41. The third kappa shape index (κ3) is 3.79. The van der Waals surface area contributed by atoms with E-state index in [1.807, 2.05) is 6.92 Å². The zero-order chi connectivity index (χ0) is 15.2. The minimum atomic E-state index is -0.478. The van der Waals surface area contributed by atoms with Crippen LogP contribution in [-0.2, 0) is 6.61 Å². The molecule has 2 aromatic rings. The Labute approximate surface area is 123 Å². The van der Waals surface area contributed by atoms with E-state index in [2.05, 4.69) is 0 Å². The molecule has 0 amide bonds. The van der Waals surface area contributed by atoms with Gasteiger partial charge in [-0.05, 0) is 30.2 Å². The van der Waals surface area contributed by atoms with Crippen molar-refractivity contribution in [2.75, 3.05) is 0 Å². The van der Waals surface area contributed by atoms with Gasteiger partial charge in [-0.2, -0.15) is 0 Å². The van der Waals surface area contributed by atoms with E-state index in [1.165, 1.54) is 6.07 Å². The minimum Gasteiger partial charge on any atom is -0.489 e. The lowest BCUT2D eigenvalue weighted by Crippen LogP contribution is -2.01. The Bertz CT molecular complexity index is 610. The number of hydrogen-bond acceptors (Lipinski definition) is 4. The van der Waals surface area contributed by atoms with Crippen LogP contribution in [0.15, 0.2) is 48.5 Å². The van der Waals surface area contributed by atoms with Gasteiger partial charge in [0.15, 0.2) is 0 Å². The van der Waals surface area contributed by atoms with Crippen LogP contribution in [0.5, 0.6) is 5.75 Å². The van der Waals surface area contributed by atoms with Crippen molar-refractivity contribution in [3.8, 4) is 5.75 Å². The highest BCUT2D eigenvalue weighted by Gasteiger charge is 2.12. The van der Waals surface area contributed by atoms with Gasteiger partial charge in [-0.25, -0.2) is 0 Å². The number of nitro benzene ring substituents is 1. The summed E-state index contributed by atoms with van der Waals surface area (Å²) in [7, 11) is 0. The quantitative estimate of drug-likeness (QED) is 0.650. The van der Waals surface area contributed by atoms with E-state index in [0.29, 0.717) is 17.7 Å². The van der Waals surface area contributed by atoms with Gasteiger partial charge in [0.1, 0.15) is 12.4 Å². The van der Waals surface area contributed by atoms with E-state index in [4.69, 9.17) is 4.74 Å². The Morgan fingerprint density at radius 1 is 1.19 bits per heavy atom. The van der Waals surface area contributed by atoms with Crippen molar-refractivity contribution in [3.05, 3.63) is 69.8 Å². The summed E-state index contributed by atoms with van der Waals surface area (Å²) in [6, 6.07) is 13.6. The molecule has 0 unspecified atom stereocenters. The van der Waals surface area contributed by atoms with E-state index in [-0.39, 0.29) is 12.3 Å². The molecule has 2 aromatic carbocycles. The Morgan fingerprint density at radius 3 is 2.48 bits per heavy atom. The first-order valence-electron chi connectivity index (χ1n) is 6.75. The maximum absolute atomic E-state index is 10.9. The maximum atomic E-state index is 10.9. The van der Waals surface area contributed by atoms with Crippen molar-refractivity contribution in [1.82, 2.24) is 0 Å². The van der Waals surface area contributed by atoms with Crippen molar-refractivity contribution in [3.63, 3.8) is 0 Å². The summed E-state index contributed by atoms with van der Waals surface area (Å²) in [6.07, 6.45) is 0.172. The van der Waals surface area contributed by atoms with E-state index in [1.54, 1.807) is 42.5 Å². The van der Waals surface area contributed by atoms with Gasteiger partial charge in [0.2, 0.25) is 0 Å². The fraction of sp³-hybridized carbons (Fsp3) is 0.250. The van der Waals surface area contributed by atoms with Gasteiger partial charge in [-0.1, -0.05) is 31.2 Å². The minimum absolute atomic E-state index is 0.0514. The molecule has 5 heteroatoms. The first kappa shape index (κ1) is 15.0. The molecule has 0 aromatic heterocycles. The Kier molecular flexibility index (Phi) is 4.90. The molecule has 0 aliphatic rings. The van der Waals surface area contributed by atoms with Crippen molar-refractivity contribution in [2.24, 2.45) is 0 Å². The summed E-state index contributed by atoms with van der Waals surface area (Å²) in [6.45, 7) is 2.04. The smallest absolute Gasteiger partial charge is 0.276 e. The summed E-state index contributed by atoms with van der Waals surface area (Å²) >= 11 is 0. The molecule has 0 fully saturated rings. The molecular formula is C16H17NO4. The summed E-state index contributed by atoms with van der Waals surface area (Å²) < 4.78 is 5.57. The van der Waals surface area contributed by atoms with Crippen LogP contribution in [0.25, 0.3) is 0 Å². The summed E-state index contributed by atoms with van der Waals surface area (Å²) in [5, 5.41) is 20.6. The highest BCUT2D eigenvalue weighted by molar-refractivity contribution is 5.39. The Balaban J connectivity index is 2.05. The molecule has 1 N–H and O–H groups in total. The normalized spacial score (nSPS) is 11.9. The fourth-order valence-electron chi connectivity index (χ4n) is 1.99. The SMILES string of the molecule is CC[C@H](O)c1ccc(OCc2ccccc2[N+](=O)[O-])cc1. The molecule has 0 aliphatic heterocycles. The number of ether oxygens (including phenoxy) is 1. The molecule has 0 saturated heterocycles. The van der Waals surface area contributed by atoms with Crippen molar-refractivity contribution in [2.45, 2.75) is 26.1 Å². The van der Waals surface area contributed by atoms with Crippen LogP contribution >= 0.6 is 0 Å². The number of benzene rings is 2. The largest absolute Gasteiger partial charge is 0.489 e. The van der Waals surface area contributed by atoms with Crippen LogP contribution in [0.3, 0.4) is 0 Å². The molecule has 0 radical (unpaired) electrons. The highest BCUT2D eigenvalue weighted by atomic mass is 16.6. The molecule has 0 heterocycles. The van der Waals surface area contributed by atoms with Crippen LogP contribution in [0.4, 0.5) is 5.69 Å². The van der Waals surface area contributed by atoms with Crippen LogP contribution in [0, 0.1) is 10.1 Å².